The van der Waals surface area contributed by atoms with Crippen LogP contribution in [0.3, 0.4) is 0 Å². The predicted octanol–water partition coefficient (Wildman–Crippen LogP) is 6.41. The van der Waals surface area contributed by atoms with Gasteiger partial charge in [0, 0.05) is 22.7 Å². The monoisotopic (exact) mass is 624 g/mol. The summed E-state index contributed by atoms with van der Waals surface area (Å²) in [5, 5.41) is 11.6. The Bertz CT molecular complexity index is 1580. The Labute approximate surface area is 259 Å². The van der Waals surface area contributed by atoms with Gasteiger partial charge in [-0.15, -0.1) is 0 Å². The number of hydrogen-bond donors (Lipinski definition) is 1. The van der Waals surface area contributed by atoms with Crippen LogP contribution in [-0.4, -0.2) is 53.2 Å². The molecule has 2 unspecified atom stereocenters. The highest BCUT2D eigenvalue weighted by molar-refractivity contribution is 6.01. The fourth-order valence-electron chi connectivity index (χ4n) is 8.86. The molecular formula is C35H35F3O7. The first kappa shape index (κ1) is 31.1. The highest BCUT2D eigenvalue weighted by Crippen LogP contribution is 2.71. The molecule has 7 nitrogen and oxygen atoms in total. The summed E-state index contributed by atoms with van der Waals surface area (Å²) in [5.74, 6) is -4.20. The van der Waals surface area contributed by atoms with Gasteiger partial charge >= 0.3 is 11.9 Å². The molecule has 2 aromatic rings. The lowest BCUT2D eigenvalue weighted by atomic mass is 9.44. The number of allylic oxidation sites excluding steroid dienone is 4. The molecule has 4 aliphatic rings. The van der Waals surface area contributed by atoms with E-state index in [-0.39, 0.29) is 30.4 Å². The van der Waals surface area contributed by atoms with Crippen LogP contribution in [0, 0.1) is 28.6 Å². The molecular weight excluding hydrogens is 589 g/mol. The maximum Gasteiger partial charge on any atom is 0.353 e. The fraction of sp³-hybridized carbons (Fsp3) is 0.457. The number of halogens is 3. The Morgan fingerprint density at radius 2 is 1.67 bits per heavy atom. The van der Waals surface area contributed by atoms with Gasteiger partial charge in [-0.1, -0.05) is 38.1 Å². The van der Waals surface area contributed by atoms with Crippen LogP contribution in [0.2, 0.25) is 0 Å². The Kier molecular flexibility index (Phi) is 7.50. The largest absolute Gasteiger partial charge is 0.457 e. The van der Waals surface area contributed by atoms with Gasteiger partial charge in [-0.2, -0.15) is 0 Å². The van der Waals surface area contributed by atoms with Crippen molar-refractivity contribution in [2.24, 2.45) is 28.6 Å². The molecule has 0 radical (unpaired) electrons. The molecule has 0 heterocycles. The Morgan fingerprint density at radius 1 is 1.00 bits per heavy atom. The summed E-state index contributed by atoms with van der Waals surface area (Å²) in [6.07, 6.45) is -0.442. The van der Waals surface area contributed by atoms with Crippen LogP contribution in [0.15, 0.2) is 78.4 Å². The summed E-state index contributed by atoms with van der Waals surface area (Å²) >= 11 is 0. The van der Waals surface area contributed by atoms with E-state index in [1.54, 1.807) is 38.1 Å². The molecule has 3 saturated carbocycles. The smallest absolute Gasteiger partial charge is 0.353 e. The minimum atomic E-state index is -2.40. The lowest BCUT2D eigenvalue weighted by molar-refractivity contribution is -0.232. The number of para-hydroxylation sites is 1. The average molecular weight is 625 g/mol. The molecule has 0 amide bonds. The first-order chi connectivity index (χ1) is 21.3. The Hall–Kier alpha value is -3.92. The second kappa shape index (κ2) is 10.9. The molecule has 1 N–H and O–H groups in total. The maximum atomic E-state index is 17.6. The molecule has 0 aliphatic heterocycles. The lowest BCUT2D eigenvalue weighted by Crippen LogP contribution is -2.71. The standard InChI is InChI=1S/C35H35F3O7/c1-20-15-25-26-17-28(37)27-16-22(39)13-14-32(27,2)34(26,38)29(40)18-33(25,3)35(20,31(42)43-19-36)45-30(41)21-9-11-24(12-10-21)44-23-7-5-4-6-8-23/h4-14,16,20,25-26,28-29,40H,15,17-19H2,1-3H3/t20-,25?,26?,28+,29+,32+,33+,34+,35+/m1/s1. The van der Waals surface area contributed by atoms with E-state index in [0.717, 1.165) is 6.08 Å². The molecule has 9 atom stereocenters. The number of alkyl halides is 3. The predicted molar refractivity (Wildman–Crippen MR) is 156 cm³/mol. The zero-order valence-electron chi connectivity index (χ0n) is 25.2. The number of aliphatic hydroxyl groups is 1. The normalized spacial score (nSPS) is 38.3. The number of hydrogen-bond acceptors (Lipinski definition) is 7. The van der Waals surface area contributed by atoms with Gasteiger partial charge < -0.3 is 19.3 Å². The number of esters is 2. The molecule has 6 rings (SSSR count). The first-order valence-electron chi connectivity index (χ1n) is 15.1. The third-order valence-corrected chi connectivity index (χ3v) is 11.0. The van der Waals surface area contributed by atoms with Crippen LogP contribution < -0.4 is 4.74 Å². The third-order valence-electron chi connectivity index (χ3n) is 11.0. The second-order valence-electron chi connectivity index (χ2n) is 13.1. The summed E-state index contributed by atoms with van der Waals surface area (Å²) in [5.41, 5.74) is -7.57. The van der Waals surface area contributed by atoms with Gasteiger partial charge in [0.05, 0.1) is 11.7 Å². The third kappa shape index (κ3) is 4.39. The zero-order chi connectivity index (χ0) is 32.4. The number of fused-ring (bicyclic) bond motifs is 5. The van der Waals surface area contributed by atoms with Crippen molar-refractivity contribution in [3.63, 3.8) is 0 Å². The van der Waals surface area contributed by atoms with Gasteiger partial charge in [-0.3, -0.25) is 4.79 Å². The SMILES string of the molecule is C[C@@H]1CC2C3C[C@H](F)C4=CC(=O)C=C[C@]4(C)[C@@]3(F)[C@@H](O)C[C@]2(C)[C@@]1(OC(=O)c1ccc(Oc2ccccc2)cc1)C(=O)OCF. The van der Waals surface area contributed by atoms with Gasteiger partial charge in [0.15, 0.2) is 11.5 Å². The van der Waals surface area contributed by atoms with Crippen molar-refractivity contribution in [2.75, 3.05) is 6.86 Å². The van der Waals surface area contributed by atoms with E-state index >= 15 is 8.78 Å². The summed E-state index contributed by atoms with van der Waals surface area (Å²) in [6, 6.07) is 15.0. The van der Waals surface area contributed by atoms with Crippen molar-refractivity contribution in [3.8, 4) is 11.5 Å². The molecule has 0 aromatic heterocycles. The van der Waals surface area contributed by atoms with Crippen molar-refractivity contribution in [1.29, 1.82) is 0 Å². The van der Waals surface area contributed by atoms with Crippen molar-refractivity contribution in [1.82, 2.24) is 0 Å². The number of ketones is 1. The van der Waals surface area contributed by atoms with Crippen molar-refractivity contribution in [3.05, 3.63) is 84.0 Å². The average Bonchev–Trinajstić information content (AvgIpc) is 3.23. The molecule has 0 spiro atoms. The van der Waals surface area contributed by atoms with Gasteiger partial charge in [0.25, 0.3) is 0 Å². The zero-order valence-corrected chi connectivity index (χ0v) is 25.2. The lowest BCUT2D eigenvalue weighted by Gasteiger charge is -2.63. The van der Waals surface area contributed by atoms with Crippen LogP contribution in [0.1, 0.15) is 50.4 Å². The molecule has 0 saturated heterocycles. The van der Waals surface area contributed by atoms with E-state index < -0.39 is 76.7 Å². The number of aliphatic hydroxyl groups excluding tert-OH is 1. The van der Waals surface area contributed by atoms with Crippen LogP contribution in [-0.2, 0) is 19.1 Å². The number of carbonyl (C=O) groups excluding carboxylic acids is 3. The van der Waals surface area contributed by atoms with E-state index in [9.17, 15) is 23.9 Å². The molecule has 10 heteroatoms. The van der Waals surface area contributed by atoms with E-state index in [2.05, 4.69) is 0 Å². The molecule has 238 valence electrons. The number of benzene rings is 2. The van der Waals surface area contributed by atoms with Gasteiger partial charge in [0.2, 0.25) is 12.5 Å². The van der Waals surface area contributed by atoms with E-state index in [0.29, 0.717) is 11.5 Å². The van der Waals surface area contributed by atoms with E-state index in [1.165, 1.54) is 31.2 Å². The van der Waals surface area contributed by atoms with Crippen molar-refractivity contribution < 1.29 is 46.9 Å². The summed E-state index contributed by atoms with van der Waals surface area (Å²) in [6.45, 7) is 3.20. The minimum absolute atomic E-state index is 0.0309. The molecule has 0 bridgehead atoms. The van der Waals surface area contributed by atoms with Crippen molar-refractivity contribution in [2.45, 2.75) is 63.6 Å². The van der Waals surface area contributed by atoms with Crippen molar-refractivity contribution >= 4 is 17.7 Å². The summed E-state index contributed by atoms with van der Waals surface area (Å²) < 4.78 is 63.6. The van der Waals surface area contributed by atoms with Crippen LogP contribution in [0.5, 0.6) is 11.5 Å². The van der Waals surface area contributed by atoms with E-state index in [1.807, 2.05) is 18.2 Å². The maximum absolute atomic E-state index is 17.6. The Morgan fingerprint density at radius 3 is 2.33 bits per heavy atom. The first-order valence-corrected chi connectivity index (χ1v) is 15.1. The van der Waals surface area contributed by atoms with Gasteiger partial charge in [-0.25, -0.2) is 22.8 Å². The van der Waals surface area contributed by atoms with Gasteiger partial charge in [0.1, 0.15) is 17.7 Å². The minimum Gasteiger partial charge on any atom is -0.457 e. The van der Waals surface area contributed by atoms with E-state index in [4.69, 9.17) is 14.2 Å². The number of ether oxygens (including phenoxy) is 3. The topological polar surface area (TPSA) is 99.1 Å². The number of carbonyl (C=O) groups is 3. The fourth-order valence-corrected chi connectivity index (χ4v) is 8.86. The Balaban J connectivity index is 1.36. The van der Waals surface area contributed by atoms with Crippen LogP contribution >= 0.6 is 0 Å². The molecule has 3 fully saturated rings. The summed E-state index contributed by atoms with van der Waals surface area (Å²) in [4.78, 5) is 39.5. The quantitative estimate of drug-likeness (QED) is 0.371. The summed E-state index contributed by atoms with van der Waals surface area (Å²) in [7, 11) is 0. The van der Waals surface area contributed by atoms with Gasteiger partial charge in [-0.05, 0) is 86.2 Å². The van der Waals surface area contributed by atoms with Crippen LogP contribution in [0.4, 0.5) is 13.2 Å². The molecule has 45 heavy (non-hydrogen) atoms. The highest BCUT2D eigenvalue weighted by atomic mass is 19.1. The molecule has 2 aromatic carbocycles. The molecule has 4 aliphatic carbocycles. The second-order valence-corrected chi connectivity index (χ2v) is 13.1. The van der Waals surface area contributed by atoms with Crippen LogP contribution in [0.25, 0.3) is 0 Å². The number of rotatable bonds is 6. The highest BCUT2D eigenvalue weighted by Gasteiger charge is 2.78.